The lowest BCUT2D eigenvalue weighted by Crippen LogP contribution is -2.41. The number of likely N-dealkylation sites (tertiary alicyclic amines) is 1. The maximum Gasteiger partial charge on any atom is 0.389 e. The maximum absolute atomic E-state index is 12.2. The van der Waals surface area contributed by atoms with Crippen molar-refractivity contribution >= 4 is 5.91 Å². The van der Waals surface area contributed by atoms with Crippen molar-refractivity contribution in [3.05, 3.63) is 24.3 Å². The van der Waals surface area contributed by atoms with E-state index in [0.717, 1.165) is 12.8 Å². The van der Waals surface area contributed by atoms with Gasteiger partial charge in [0.25, 0.3) is 0 Å². The molecule has 0 unspecified atom stereocenters. The van der Waals surface area contributed by atoms with Crippen molar-refractivity contribution < 1.29 is 27.4 Å². The lowest BCUT2D eigenvalue weighted by Gasteiger charge is -2.32. The summed E-state index contributed by atoms with van der Waals surface area (Å²) < 4.78 is 47.5. The average molecular weight is 345 g/mol. The zero-order chi connectivity index (χ0) is 17.6. The Morgan fingerprint density at radius 3 is 2.79 bits per heavy atom. The van der Waals surface area contributed by atoms with E-state index in [9.17, 15) is 18.0 Å². The molecular weight excluding hydrogens is 323 g/mol. The summed E-state index contributed by atoms with van der Waals surface area (Å²) in [5.74, 6) is 1.06. The number of amides is 1. The minimum Gasteiger partial charge on any atom is -0.497 e. The molecule has 2 rings (SSSR count). The highest BCUT2D eigenvalue weighted by atomic mass is 19.4. The zero-order valence-electron chi connectivity index (χ0n) is 13.6. The summed E-state index contributed by atoms with van der Waals surface area (Å²) in [6.07, 6.45) is -4.16. The minimum atomic E-state index is -4.29. The number of hydrogen-bond acceptors (Lipinski definition) is 3. The van der Waals surface area contributed by atoms with Gasteiger partial charge in [-0.25, -0.2) is 0 Å². The van der Waals surface area contributed by atoms with Gasteiger partial charge in [-0.2, -0.15) is 13.2 Å². The van der Waals surface area contributed by atoms with Gasteiger partial charge in [0.05, 0.1) is 20.1 Å². The molecule has 1 heterocycles. The molecule has 0 N–H and O–H groups in total. The molecule has 4 nitrogen and oxygen atoms in total. The molecule has 1 aromatic carbocycles. The van der Waals surface area contributed by atoms with Gasteiger partial charge in [0.1, 0.15) is 11.5 Å². The predicted molar refractivity (Wildman–Crippen MR) is 83.1 cm³/mol. The van der Waals surface area contributed by atoms with Gasteiger partial charge in [0.15, 0.2) is 0 Å². The van der Waals surface area contributed by atoms with Crippen LogP contribution in [0.1, 0.15) is 25.7 Å². The largest absolute Gasteiger partial charge is 0.497 e. The van der Waals surface area contributed by atoms with Crippen LogP contribution in [0.15, 0.2) is 24.3 Å². The van der Waals surface area contributed by atoms with E-state index in [4.69, 9.17) is 9.47 Å². The number of alkyl halides is 3. The van der Waals surface area contributed by atoms with Crippen LogP contribution in [0.2, 0.25) is 0 Å². The van der Waals surface area contributed by atoms with Crippen LogP contribution in [0.4, 0.5) is 13.2 Å². The first kappa shape index (κ1) is 18.4. The lowest BCUT2D eigenvalue weighted by molar-refractivity contribution is -0.150. The van der Waals surface area contributed by atoms with E-state index < -0.39 is 24.9 Å². The highest BCUT2D eigenvalue weighted by Crippen LogP contribution is 2.25. The zero-order valence-corrected chi connectivity index (χ0v) is 13.6. The highest BCUT2D eigenvalue weighted by molar-refractivity contribution is 5.76. The molecule has 1 fully saturated rings. The van der Waals surface area contributed by atoms with E-state index in [1.165, 1.54) is 4.90 Å². The lowest BCUT2D eigenvalue weighted by atomic mass is 9.98. The second-order valence-electron chi connectivity index (χ2n) is 5.95. The van der Waals surface area contributed by atoms with E-state index in [1.54, 1.807) is 13.2 Å². The smallest absolute Gasteiger partial charge is 0.389 e. The molecule has 0 saturated carbocycles. The summed E-state index contributed by atoms with van der Waals surface area (Å²) in [4.78, 5) is 13.4. The van der Waals surface area contributed by atoms with Gasteiger partial charge < -0.3 is 14.4 Å². The van der Waals surface area contributed by atoms with Crippen LogP contribution in [0, 0.1) is 5.92 Å². The molecule has 1 aliphatic heterocycles. The molecule has 0 aromatic heterocycles. The van der Waals surface area contributed by atoms with Crippen LogP contribution in [0.5, 0.6) is 11.5 Å². The van der Waals surface area contributed by atoms with Gasteiger partial charge >= 0.3 is 6.18 Å². The molecular formula is C17H22F3NO3. The molecule has 0 spiro atoms. The fraction of sp³-hybridized carbons (Fsp3) is 0.588. The summed E-state index contributed by atoms with van der Waals surface area (Å²) >= 11 is 0. The van der Waals surface area contributed by atoms with Crippen molar-refractivity contribution in [3.63, 3.8) is 0 Å². The van der Waals surface area contributed by atoms with E-state index in [0.29, 0.717) is 31.2 Å². The number of piperidine rings is 1. The van der Waals surface area contributed by atoms with Crippen LogP contribution < -0.4 is 9.47 Å². The van der Waals surface area contributed by atoms with Crippen molar-refractivity contribution in [3.8, 4) is 11.5 Å². The SMILES string of the molecule is COc1cccc(OC[C@@H]2CCCN(C(=O)CCC(F)(F)F)C2)c1. The van der Waals surface area contributed by atoms with E-state index in [2.05, 4.69) is 0 Å². The Balaban J connectivity index is 1.81. The standard InChI is InChI=1S/C17H22F3NO3/c1-23-14-5-2-6-15(10-14)24-12-13-4-3-9-21(11-13)16(22)7-8-17(18,19)20/h2,5-6,10,13H,3-4,7-9,11-12H2,1H3/t13-/m1/s1. The third kappa shape index (κ3) is 5.94. The molecule has 1 aliphatic rings. The summed E-state index contributed by atoms with van der Waals surface area (Å²) in [5.41, 5.74) is 0. The number of carbonyl (C=O) groups is 1. The number of ether oxygens (including phenoxy) is 2. The number of benzene rings is 1. The molecule has 1 amide bonds. The highest BCUT2D eigenvalue weighted by Gasteiger charge is 2.30. The van der Waals surface area contributed by atoms with E-state index >= 15 is 0 Å². The second kappa shape index (κ2) is 8.26. The van der Waals surface area contributed by atoms with Gasteiger partial charge in [-0.1, -0.05) is 6.07 Å². The Labute approximate surface area is 139 Å². The van der Waals surface area contributed by atoms with Gasteiger partial charge in [-0.05, 0) is 25.0 Å². The first-order valence-electron chi connectivity index (χ1n) is 7.99. The molecule has 24 heavy (non-hydrogen) atoms. The van der Waals surface area contributed by atoms with Crippen molar-refractivity contribution in [2.75, 3.05) is 26.8 Å². The molecule has 7 heteroatoms. The molecule has 134 valence electrons. The minimum absolute atomic E-state index is 0.125. The molecule has 1 saturated heterocycles. The monoisotopic (exact) mass is 345 g/mol. The third-order valence-electron chi connectivity index (χ3n) is 4.02. The maximum atomic E-state index is 12.2. The summed E-state index contributed by atoms with van der Waals surface area (Å²) in [7, 11) is 1.57. The van der Waals surface area contributed by atoms with Crippen LogP contribution >= 0.6 is 0 Å². The quantitative estimate of drug-likeness (QED) is 0.790. The normalized spacial score (nSPS) is 18.3. The number of carbonyl (C=O) groups excluding carboxylic acids is 1. The molecule has 1 aromatic rings. The van der Waals surface area contributed by atoms with E-state index in [1.807, 2.05) is 18.2 Å². The van der Waals surface area contributed by atoms with Gasteiger partial charge in [-0.3, -0.25) is 4.79 Å². The second-order valence-corrected chi connectivity index (χ2v) is 5.95. The molecule has 0 aliphatic carbocycles. The number of methoxy groups -OCH3 is 1. The predicted octanol–water partition coefficient (Wildman–Crippen LogP) is 3.66. The third-order valence-corrected chi connectivity index (χ3v) is 4.02. The Kier molecular flexibility index (Phi) is 6.34. The summed E-state index contributed by atoms with van der Waals surface area (Å²) in [5, 5.41) is 0. The Morgan fingerprint density at radius 1 is 1.33 bits per heavy atom. The Bertz CT molecular complexity index is 548. The van der Waals surface area contributed by atoms with Crippen molar-refractivity contribution in [2.45, 2.75) is 31.9 Å². The van der Waals surface area contributed by atoms with Crippen molar-refractivity contribution in [1.82, 2.24) is 4.90 Å². The average Bonchev–Trinajstić information content (AvgIpc) is 2.57. The summed E-state index contributed by atoms with van der Waals surface area (Å²) in [6, 6.07) is 7.23. The first-order chi connectivity index (χ1) is 11.4. The van der Waals surface area contributed by atoms with Gasteiger partial charge in [0.2, 0.25) is 5.91 Å². The fourth-order valence-electron chi connectivity index (χ4n) is 2.74. The van der Waals surface area contributed by atoms with Crippen molar-refractivity contribution in [1.29, 1.82) is 0 Å². The van der Waals surface area contributed by atoms with Crippen LogP contribution in [0.25, 0.3) is 0 Å². The number of halogens is 3. The molecule has 1 atom stereocenters. The van der Waals surface area contributed by atoms with Gasteiger partial charge in [-0.15, -0.1) is 0 Å². The van der Waals surface area contributed by atoms with Crippen molar-refractivity contribution in [2.24, 2.45) is 5.92 Å². The number of nitrogens with zero attached hydrogens (tertiary/aromatic N) is 1. The number of hydrogen-bond donors (Lipinski definition) is 0. The van der Waals surface area contributed by atoms with E-state index in [-0.39, 0.29) is 5.92 Å². The summed E-state index contributed by atoms with van der Waals surface area (Å²) in [6.45, 7) is 1.39. The number of rotatable bonds is 6. The molecule has 0 bridgehead atoms. The topological polar surface area (TPSA) is 38.8 Å². The fourth-order valence-corrected chi connectivity index (χ4v) is 2.74. The van der Waals surface area contributed by atoms with Crippen LogP contribution in [-0.2, 0) is 4.79 Å². The molecule has 0 radical (unpaired) electrons. The van der Waals surface area contributed by atoms with Crippen LogP contribution in [-0.4, -0.2) is 43.8 Å². The Morgan fingerprint density at radius 2 is 2.08 bits per heavy atom. The van der Waals surface area contributed by atoms with Gasteiger partial charge in [0, 0.05) is 31.5 Å². The van der Waals surface area contributed by atoms with Crippen LogP contribution in [0.3, 0.4) is 0 Å². The Hall–Kier alpha value is -1.92. The first-order valence-corrected chi connectivity index (χ1v) is 7.99.